The van der Waals surface area contributed by atoms with Gasteiger partial charge in [-0.05, 0) is 37.5 Å². The molecule has 0 aliphatic rings. The fourth-order valence-corrected chi connectivity index (χ4v) is 1.88. The van der Waals surface area contributed by atoms with Gasteiger partial charge < -0.3 is 21.1 Å². The third-order valence-corrected chi connectivity index (χ3v) is 3.18. The number of hydrogen-bond donors (Lipinski definition) is 3. The molecule has 0 heterocycles. The molecular weight excluding hydrogens is 318 g/mol. The zero-order valence-corrected chi connectivity index (χ0v) is 14.8. The Labute approximate surface area is 143 Å². The van der Waals surface area contributed by atoms with Gasteiger partial charge in [0.05, 0.1) is 6.04 Å². The molecule has 0 aliphatic carbocycles. The summed E-state index contributed by atoms with van der Waals surface area (Å²) in [4.78, 5) is 23.8. The molecule has 130 valence electrons. The van der Waals surface area contributed by atoms with Crippen LogP contribution in [0.15, 0.2) is 24.3 Å². The minimum absolute atomic E-state index is 0. The van der Waals surface area contributed by atoms with Crippen LogP contribution in [0.4, 0.5) is 11.4 Å². The summed E-state index contributed by atoms with van der Waals surface area (Å²) in [5.41, 5.74) is 7.02. The van der Waals surface area contributed by atoms with Gasteiger partial charge in [-0.3, -0.25) is 9.59 Å². The SMILES string of the molecule is COC(C)C(=O)Nc1cccc(NC(=O)[C@@H](N)CC(C)C)c1.Cl. The molecule has 1 rings (SSSR count). The number of rotatable bonds is 7. The number of carbonyl (C=O) groups is 2. The molecule has 6 nitrogen and oxygen atoms in total. The summed E-state index contributed by atoms with van der Waals surface area (Å²) in [7, 11) is 1.47. The van der Waals surface area contributed by atoms with E-state index >= 15 is 0 Å². The van der Waals surface area contributed by atoms with Crippen LogP contribution in [-0.4, -0.2) is 31.1 Å². The number of hydrogen-bond acceptors (Lipinski definition) is 4. The molecule has 0 fully saturated rings. The summed E-state index contributed by atoms with van der Waals surface area (Å²) < 4.78 is 4.95. The Hall–Kier alpha value is -1.63. The van der Waals surface area contributed by atoms with E-state index in [0.717, 1.165) is 0 Å². The van der Waals surface area contributed by atoms with Crippen LogP contribution in [0.1, 0.15) is 27.2 Å². The molecule has 0 radical (unpaired) electrons. The van der Waals surface area contributed by atoms with Crippen molar-refractivity contribution in [3.63, 3.8) is 0 Å². The molecule has 1 unspecified atom stereocenters. The second kappa shape index (κ2) is 10.2. The molecule has 0 saturated heterocycles. The number of carbonyl (C=O) groups excluding carboxylic acids is 2. The van der Waals surface area contributed by atoms with Gasteiger partial charge in [0.2, 0.25) is 5.91 Å². The van der Waals surface area contributed by atoms with E-state index in [1.807, 2.05) is 13.8 Å². The van der Waals surface area contributed by atoms with Gasteiger partial charge in [-0.2, -0.15) is 0 Å². The first-order valence-corrected chi connectivity index (χ1v) is 7.33. The van der Waals surface area contributed by atoms with E-state index < -0.39 is 12.1 Å². The minimum atomic E-state index is -0.549. The Kier molecular flexibility index (Phi) is 9.48. The van der Waals surface area contributed by atoms with Crippen molar-refractivity contribution in [1.29, 1.82) is 0 Å². The van der Waals surface area contributed by atoms with Crippen molar-refractivity contribution >= 4 is 35.6 Å². The first kappa shape index (κ1) is 21.4. The highest BCUT2D eigenvalue weighted by Gasteiger charge is 2.16. The average molecular weight is 344 g/mol. The van der Waals surface area contributed by atoms with E-state index in [4.69, 9.17) is 10.5 Å². The Morgan fingerprint density at radius 1 is 1.13 bits per heavy atom. The second-order valence-electron chi connectivity index (χ2n) is 5.67. The molecule has 2 atom stereocenters. The number of nitrogens with one attached hydrogen (secondary N) is 2. The largest absolute Gasteiger partial charge is 0.372 e. The Balaban J connectivity index is 0.00000484. The van der Waals surface area contributed by atoms with Crippen LogP contribution in [-0.2, 0) is 14.3 Å². The molecule has 0 bridgehead atoms. The van der Waals surface area contributed by atoms with Crippen LogP contribution in [0, 0.1) is 5.92 Å². The number of ether oxygens (including phenoxy) is 1. The zero-order valence-electron chi connectivity index (χ0n) is 14.0. The molecule has 0 aliphatic heterocycles. The van der Waals surface area contributed by atoms with Gasteiger partial charge in [-0.25, -0.2) is 0 Å². The second-order valence-corrected chi connectivity index (χ2v) is 5.67. The monoisotopic (exact) mass is 343 g/mol. The van der Waals surface area contributed by atoms with Crippen LogP contribution in [0.5, 0.6) is 0 Å². The van der Waals surface area contributed by atoms with Crippen molar-refractivity contribution < 1.29 is 14.3 Å². The van der Waals surface area contributed by atoms with Gasteiger partial charge in [0.25, 0.3) is 5.91 Å². The van der Waals surface area contributed by atoms with Crippen LogP contribution in [0.25, 0.3) is 0 Å². The number of halogens is 1. The molecule has 1 aromatic rings. The van der Waals surface area contributed by atoms with E-state index in [1.165, 1.54) is 7.11 Å². The first-order chi connectivity index (χ1) is 10.3. The highest BCUT2D eigenvalue weighted by Crippen LogP contribution is 2.16. The fraction of sp³-hybridized carbons (Fsp3) is 0.500. The van der Waals surface area contributed by atoms with Gasteiger partial charge >= 0.3 is 0 Å². The number of amides is 2. The first-order valence-electron chi connectivity index (χ1n) is 7.33. The van der Waals surface area contributed by atoms with Gasteiger partial charge in [-0.15, -0.1) is 12.4 Å². The number of benzene rings is 1. The maximum Gasteiger partial charge on any atom is 0.253 e. The lowest BCUT2D eigenvalue weighted by Gasteiger charge is -2.15. The standard InChI is InChI=1S/C16H25N3O3.ClH/c1-10(2)8-14(17)16(21)19-13-7-5-6-12(9-13)18-15(20)11(3)22-4;/h5-7,9-11,14H,8,17H2,1-4H3,(H,18,20)(H,19,21);1H/t11?,14-;/m0./s1. The lowest BCUT2D eigenvalue weighted by Crippen LogP contribution is -2.36. The summed E-state index contributed by atoms with van der Waals surface area (Å²) in [6.45, 7) is 5.69. The van der Waals surface area contributed by atoms with Crippen LogP contribution in [0.2, 0.25) is 0 Å². The summed E-state index contributed by atoms with van der Waals surface area (Å²) in [5, 5.41) is 5.48. The van der Waals surface area contributed by atoms with Crippen molar-refractivity contribution in [1.82, 2.24) is 0 Å². The third-order valence-electron chi connectivity index (χ3n) is 3.18. The Bertz CT molecular complexity index is 523. The molecule has 0 saturated carbocycles. The molecule has 0 spiro atoms. The summed E-state index contributed by atoms with van der Waals surface area (Å²) in [5.74, 6) is -0.133. The summed E-state index contributed by atoms with van der Waals surface area (Å²) in [6, 6.07) is 6.36. The highest BCUT2D eigenvalue weighted by atomic mass is 35.5. The van der Waals surface area contributed by atoms with Gasteiger partial charge in [0.1, 0.15) is 6.10 Å². The predicted molar refractivity (Wildman–Crippen MR) is 94.9 cm³/mol. The molecule has 1 aromatic carbocycles. The van der Waals surface area contributed by atoms with Crippen molar-refractivity contribution in [3.05, 3.63) is 24.3 Å². The zero-order chi connectivity index (χ0) is 16.7. The molecule has 0 aromatic heterocycles. The smallest absolute Gasteiger partial charge is 0.253 e. The molecule has 2 amide bonds. The van der Waals surface area contributed by atoms with E-state index in [-0.39, 0.29) is 24.2 Å². The van der Waals surface area contributed by atoms with E-state index in [1.54, 1.807) is 31.2 Å². The van der Waals surface area contributed by atoms with Gasteiger partial charge in [0.15, 0.2) is 0 Å². The Morgan fingerprint density at radius 2 is 1.65 bits per heavy atom. The molecule has 7 heteroatoms. The topological polar surface area (TPSA) is 93.5 Å². The summed E-state index contributed by atoms with van der Waals surface area (Å²) >= 11 is 0. The van der Waals surface area contributed by atoms with Crippen LogP contribution >= 0.6 is 12.4 Å². The van der Waals surface area contributed by atoms with E-state index in [9.17, 15) is 9.59 Å². The Morgan fingerprint density at radius 3 is 2.13 bits per heavy atom. The fourth-order valence-electron chi connectivity index (χ4n) is 1.88. The number of nitrogens with two attached hydrogens (primary N) is 1. The maximum atomic E-state index is 12.0. The number of anilines is 2. The van der Waals surface area contributed by atoms with Gasteiger partial charge in [0, 0.05) is 18.5 Å². The highest BCUT2D eigenvalue weighted by molar-refractivity contribution is 5.97. The van der Waals surface area contributed by atoms with E-state index in [0.29, 0.717) is 23.7 Å². The molecule has 4 N–H and O–H groups in total. The van der Waals surface area contributed by atoms with Crippen molar-refractivity contribution in [3.8, 4) is 0 Å². The van der Waals surface area contributed by atoms with Crippen molar-refractivity contribution in [2.24, 2.45) is 11.7 Å². The van der Waals surface area contributed by atoms with Crippen LogP contribution < -0.4 is 16.4 Å². The molecular formula is C16H26ClN3O3. The van der Waals surface area contributed by atoms with Crippen LogP contribution in [0.3, 0.4) is 0 Å². The maximum absolute atomic E-state index is 12.0. The van der Waals surface area contributed by atoms with Crippen molar-refractivity contribution in [2.75, 3.05) is 17.7 Å². The van der Waals surface area contributed by atoms with Crippen molar-refractivity contribution in [2.45, 2.75) is 39.3 Å². The summed E-state index contributed by atoms with van der Waals surface area (Å²) in [6.07, 6.45) is 0.0749. The van der Waals surface area contributed by atoms with Gasteiger partial charge in [-0.1, -0.05) is 19.9 Å². The quantitative estimate of drug-likeness (QED) is 0.708. The average Bonchev–Trinajstić information content (AvgIpc) is 2.45. The molecule has 23 heavy (non-hydrogen) atoms. The van der Waals surface area contributed by atoms with E-state index in [2.05, 4.69) is 10.6 Å². The lowest BCUT2D eigenvalue weighted by atomic mass is 10.0. The number of methoxy groups -OCH3 is 1. The normalized spacial score (nSPS) is 13.0. The predicted octanol–water partition coefficient (Wildman–Crippen LogP) is 2.39. The third kappa shape index (κ3) is 7.45. The minimum Gasteiger partial charge on any atom is -0.372 e. The lowest BCUT2D eigenvalue weighted by molar-refractivity contribution is -0.124.